The number of allylic oxidation sites excluding steroid dienone is 4. The molecule has 0 heterocycles. The van der Waals surface area contributed by atoms with Crippen LogP contribution in [0.4, 0.5) is 0 Å². The Morgan fingerprint density at radius 3 is 2.54 bits per heavy atom. The molecule has 0 aliphatic carbocycles. The van der Waals surface area contributed by atoms with Gasteiger partial charge in [-0.2, -0.15) is 0 Å². The molecule has 0 spiro atoms. The van der Waals surface area contributed by atoms with E-state index in [2.05, 4.69) is 11.9 Å². The van der Waals surface area contributed by atoms with Crippen molar-refractivity contribution in [1.82, 2.24) is 5.32 Å². The zero-order valence-electron chi connectivity index (χ0n) is 8.65. The van der Waals surface area contributed by atoms with E-state index in [0.29, 0.717) is 12.1 Å². The van der Waals surface area contributed by atoms with Gasteiger partial charge in [0.15, 0.2) is 0 Å². The van der Waals surface area contributed by atoms with Gasteiger partial charge in [0.2, 0.25) is 0 Å². The van der Waals surface area contributed by atoms with E-state index in [0.717, 1.165) is 11.1 Å². The third-order valence-corrected chi connectivity index (χ3v) is 1.85. The molecule has 0 bridgehead atoms. The Morgan fingerprint density at radius 1 is 1.54 bits per heavy atom. The van der Waals surface area contributed by atoms with Crippen LogP contribution < -0.4 is 5.32 Å². The van der Waals surface area contributed by atoms with Gasteiger partial charge in [-0.25, -0.2) is 0 Å². The summed E-state index contributed by atoms with van der Waals surface area (Å²) in [6, 6.07) is 0. The van der Waals surface area contributed by atoms with Crippen LogP contribution in [0.15, 0.2) is 36.1 Å². The highest BCUT2D eigenvalue weighted by molar-refractivity contribution is 5.98. The third-order valence-electron chi connectivity index (χ3n) is 1.85. The van der Waals surface area contributed by atoms with Crippen LogP contribution in [0.3, 0.4) is 0 Å². The molecular weight excluding hydrogens is 160 g/mol. The lowest BCUT2D eigenvalue weighted by Gasteiger charge is -2.04. The number of rotatable bonds is 5. The predicted octanol–water partition coefficient (Wildman–Crippen LogP) is 2.65. The van der Waals surface area contributed by atoms with Crippen molar-refractivity contribution in [2.75, 3.05) is 7.05 Å². The summed E-state index contributed by atoms with van der Waals surface area (Å²) in [5.74, 6) is 0. The van der Waals surface area contributed by atoms with Crippen molar-refractivity contribution in [3.05, 3.63) is 36.1 Å². The van der Waals surface area contributed by atoms with Crippen molar-refractivity contribution in [3.8, 4) is 0 Å². The minimum absolute atomic E-state index is 0.627. The van der Waals surface area contributed by atoms with Gasteiger partial charge in [0, 0.05) is 25.4 Å². The second-order valence-corrected chi connectivity index (χ2v) is 2.84. The van der Waals surface area contributed by atoms with Gasteiger partial charge in [-0.3, -0.25) is 0 Å². The zero-order chi connectivity index (χ0) is 10.3. The Kier molecular flexibility index (Phi) is 5.60. The summed E-state index contributed by atoms with van der Waals surface area (Å²) in [5.41, 5.74) is 2.68. The van der Waals surface area contributed by atoms with Gasteiger partial charge < -0.3 is 10.7 Å². The summed E-state index contributed by atoms with van der Waals surface area (Å²) in [6.07, 6.45) is 6.26. The summed E-state index contributed by atoms with van der Waals surface area (Å²) in [7, 11) is 1.83. The van der Waals surface area contributed by atoms with E-state index < -0.39 is 0 Å². The molecule has 0 aliphatic rings. The second-order valence-electron chi connectivity index (χ2n) is 2.84. The van der Waals surface area contributed by atoms with Gasteiger partial charge >= 0.3 is 0 Å². The van der Waals surface area contributed by atoms with Crippen LogP contribution in [0.2, 0.25) is 0 Å². The maximum Gasteiger partial charge on any atom is 0.0401 e. The van der Waals surface area contributed by atoms with E-state index >= 15 is 0 Å². The molecule has 0 aromatic carbocycles. The van der Waals surface area contributed by atoms with Gasteiger partial charge in [0.1, 0.15) is 0 Å². The van der Waals surface area contributed by atoms with Gasteiger partial charge in [-0.15, -0.1) is 0 Å². The van der Waals surface area contributed by atoms with Crippen LogP contribution >= 0.6 is 0 Å². The summed E-state index contributed by atoms with van der Waals surface area (Å²) in [4.78, 5) is 0. The van der Waals surface area contributed by atoms with Crippen molar-refractivity contribution in [2.45, 2.75) is 20.3 Å². The molecule has 0 saturated heterocycles. The molecule has 0 atom stereocenters. The summed E-state index contributed by atoms with van der Waals surface area (Å²) in [5, 5.41) is 10.6. The van der Waals surface area contributed by atoms with Crippen LogP contribution in [-0.4, -0.2) is 12.8 Å². The molecule has 0 aromatic heterocycles. The maximum absolute atomic E-state index is 7.74. The van der Waals surface area contributed by atoms with E-state index in [1.807, 2.05) is 33.2 Å². The fraction of sp³-hybridized carbons (Fsp3) is 0.364. The lowest BCUT2D eigenvalue weighted by molar-refractivity contribution is 1.08. The first-order valence-corrected chi connectivity index (χ1v) is 4.35. The van der Waals surface area contributed by atoms with Crippen LogP contribution in [0.5, 0.6) is 0 Å². The van der Waals surface area contributed by atoms with Crippen molar-refractivity contribution >= 4 is 5.71 Å². The molecule has 0 rings (SSSR count). The highest BCUT2D eigenvalue weighted by atomic mass is 14.8. The smallest absolute Gasteiger partial charge is 0.0401 e. The maximum atomic E-state index is 7.74. The van der Waals surface area contributed by atoms with Crippen LogP contribution in [0, 0.1) is 5.41 Å². The third kappa shape index (κ3) is 4.31. The van der Waals surface area contributed by atoms with Crippen molar-refractivity contribution in [3.63, 3.8) is 0 Å². The van der Waals surface area contributed by atoms with Gasteiger partial charge in [-0.05, 0) is 25.0 Å². The highest BCUT2D eigenvalue weighted by Crippen LogP contribution is 2.07. The monoisotopic (exact) mass is 178 g/mol. The Morgan fingerprint density at radius 2 is 2.15 bits per heavy atom. The lowest BCUT2D eigenvalue weighted by atomic mass is 10.0. The molecule has 0 unspecified atom stereocenters. The van der Waals surface area contributed by atoms with E-state index in [4.69, 9.17) is 5.41 Å². The second kappa shape index (κ2) is 6.23. The molecule has 13 heavy (non-hydrogen) atoms. The first-order chi connectivity index (χ1) is 6.15. The fourth-order valence-corrected chi connectivity index (χ4v) is 0.939. The van der Waals surface area contributed by atoms with Crippen molar-refractivity contribution in [2.24, 2.45) is 0 Å². The Hall–Kier alpha value is -1.31. The normalized spacial score (nSPS) is 12.5. The molecule has 2 N–H and O–H groups in total. The van der Waals surface area contributed by atoms with Gasteiger partial charge in [0.05, 0.1) is 0 Å². The summed E-state index contributed by atoms with van der Waals surface area (Å²) in [6.45, 7) is 7.58. The average molecular weight is 178 g/mol. The zero-order valence-corrected chi connectivity index (χ0v) is 8.65. The topological polar surface area (TPSA) is 35.9 Å². The van der Waals surface area contributed by atoms with Gasteiger partial charge in [-0.1, -0.05) is 18.7 Å². The molecule has 0 radical (unpaired) electrons. The average Bonchev–Trinajstić information content (AvgIpc) is 2.14. The number of nitrogens with one attached hydrogen (secondary N) is 2. The molecule has 0 amide bonds. The Labute approximate surface area is 80.6 Å². The molecule has 0 fully saturated rings. The SMILES string of the molecule is C=C/C(=C\C)CC(=N)/C(C)=C\NC. The standard InChI is InChI=1S/C11H18N2/c1-5-10(6-2)7-11(12)9(3)8-13-4/h5-6,8,12-13H,1,7H2,2-4H3/b9-8-,10-6+,12-11?. The van der Waals surface area contributed by atoms with E-state index in [-0.39, 0.29) is 0 Å². The largest absolute Gasteiger partial charge is 0.394 e. The first-order valence-electron chi connectivity index (χ1n) is 4.35. The summed E-state index contributed by atoms with van der Waals surface area (Å²) >= 11 is 0. The minimum atomic E-state index is 0.627. The molecule has 0 aliphatic heterocycles. The predicted molar refractivity (Wildman–Crippen MR) is 59.1 cm³/mol. The molecule has 2 heteroatoms. The minimum Gasteiger partial charge on any atom is -0.394 e. The Bertz CT molecular complexity index is 247. The van der Waals surface area contributed by atoms with E-state index in [1.54, 1.807) is 6.08 Å². The van der Waals surface area contributed by atoms with Crippen molar-refractivity contribution < 1.29 is 0 Å². The van der Waals surface area contributed by atoms with Crippen LogP contribution in [0.25, 0.3) is 0 Å². The van der Waals surface area contributed by atoms with E-state index in [1.165, 1.54) is 0 Å². The molecular formula is C11H18N2. The summed E-state index contributed by atoms with van der Waals surface area (Å²) < 4.78 is 0. The highest BCUT2D eigenvalue weighted by Gasteiger charge is 2.00. The van der Waals surface area contributed by atoms with Crippen molar-refractivity contribution in [1.29, 1.82) is 5.41 Å². The van der Waals surface area contributed by atoms with Crippen LogP contribution in [0.1, 0.15) is 20.3 Å². The fourth-order valence-electron chi connectivity index (χ4n) is 0.939. The van der Waals surface area contributed by atoms with E-state index in [9.17, 15) is 0 Å². The Balaban J connectivity index is 4.31. The lowest BCUT2D eigenvalue weighted by Crippen LogP contribution is -2.04. The molecule has 72 valence electrons. The molecule has 2 nitrogen and oxygen atoms in total. The van der Waals surface area contributed by atoms with Crippen LogP contribution in [-0.2, 0) is 0 Å². The number of hydrogen-bond donors (Lipinski definition) is 2. The van der Waals surface area contributed by atoms with Gasteiger partial charge in [0.25, 0.3) is 0 Å². The molecule has 0 aromatic rings. The first kappa shape index (κ1) is 11.7. The quantitative estimate of drug-likeness (QED) is 0.492. The molecule has 0 saturated carbocycles. The number of hydrogen-bond acceptors (Lipinski definition) is 2.